The van der Waals surface area contributed by atoms with Gasteiger partial charge in [-0.1, -0.05) is 18.7 Å². The third-order valence-electron chi connectivity index (χ3n) is 4.90. The molecule has 1 aromatic heterocycles. The van der Waals surface area contributed by atoms with E-state index in [1.165, 1.54) is 0 Å². The molecule has 0 bridgehead atoms. The Morgan fingerprint density at radius 1 is 1.26 bits per heavy atom. The van der Waals surface area contributed by atoms with Gasteiger partial charge in [-0.2, -0.15) is 0 Å². The number of likely N-dealkylation sites (N-methyl/N-ethyl adjacent to an activating group) is 1. The summed E-state index contributed by atoms with van der Waals surface area (Å²) in [5.41, 5.74) is 1.48. The lowest BCUT2D eigenvalue weighted by Crippen LogP contribution is -2.49. The summed E-state index contributed by atoms with van der Waals surface area (Å²) in [4.78, 5) is 33.9. The Morgan fingerprint density at radius 3 is 2.61 bits per heavy atom. The maximum Gasteiger partial charge on any atom is 0.257 e. The van der Waals surface area contributed by atoms with Crippen molar-refractivity contribution < 1.29 is 4.79 Å². The number of hydrogen-bond donors (Lipinski definition) is 0. The Hall–Kier alpha value is -1.34. The van der Waals surface area contributed by atoms with Crippen LogP contribution in [-0.4, -0.2) is 63.7 Å². The predicted octanol–water partition coefficient (Wildman–Crippen LogP) is 1.06. The van der Waals surface area contributed by atoms with E-state index in [-0.39, 0.29) is 17.5 Å². The van der Waals surface area contributed by atoms with E-state index in [0.717, 1.165) is 49.3 Å². The maximum absolute atomic E-state index is 12.6. The third-order valence-corrected chi connectivity index (χ3v) is 6.00. The first-order valence-electron chi connectivity index (χ1n) is 8.24. The van der Waals surface area contributed by atoms with Gasteiger partial charge in [0.15, 0.2) is 5.16 Å². The van der Waals surface area contributed by atoms with E-state index in [9.17, 15) is 9.59 Å². The van der Waals surface area contributed by atoms with Crippen LogP contribution in [0.15, 0.2) is 9.95 Å². The zero-order chi connectivity index (χ0) is 16.6. The van der Waals surface area contributed by atoms with Crippen LogP contribution in [0.3, 0.4) is 0 Å². The number of amides is 1. The Kier molecular flexibility index (Phi) is 4.77. The molecule has 126 valence electrons. The van der Waals surface area contributed by atoms with Crippen LogP contribution in [0.1, 0.15) is 30.6 Å². The number of aromatic nitrogens is 2. The number of rotatable bonds is 3. The Bertz CT molecular complexity index is 665. The zero-order valence-corrected chi connectivity index (χ0v) is 14.9. The molecule has 0 saturated carbocycles. The molecule has 0 radical (unpaired) electrons. The van der Waals surface area contributed by atoms with E-state index in [2.05, 4.69) is 16.8 Å². The molecule has 0 aromatic carbocycles. The van der Waals surface area contributed by atoms with Crippen LogP contribution in [0, 0.1) is 13.8 Å². The summed E-state index contributed by atoms with van der Waals surface area (Å²) >= 11 is 1.58. The Labute approximate surface area is 140 Å². The lowest BCUT2D eigenvalue weighted by atomic mass is 10.1. The van der Waals surface area contributed by atoms with E-state index in [4.69, 9.17) is 0 Å². The summed E-state index contributed by atoms with van der Waals surface area (Å²) in [6.07, 6.45) is 0.399. The molecule has 0 N–H and O–H groups in total. The largest absolute Gasteiger partial charge is 0.340 e. The number of aryl methyl sites for hydroxylation is 1. The van der Waals surface area contributed by atoms with Crippen LogP contribution in [0.5, 0.6) is 0 Å². The molecule has 7 heteroatoms. The average molecular weight is 336 g/mol. The SMILES string of the molecule is CCN1CCN(C(=O)C[C@@H]2CSc3nc(C)c(C)c(=O)n32)CC1. The molecule has 1 saturated heterocycles. The highest BCUT2D eigenvalue weighted by Crippen LogP contribution is 2.32. The van der Waals surface area contributed by atoms with Crippen molar-refractivity contribution in [3.8, 4) is 0 Å². The fraction of sp³-hybridized carbons (Fsp3) is 0.688. The molecule has 0 spiro atoms. The van der Waals surface area contributed by atoms with Crippen LogP contribution in [0.2, 0.25) is 0 Å². The standard InChI is InChI=1S/C16H24N4O2S/c1-4-18-5-7-19(8-6-18)14(21)9-13-10-23-16-17-12(3)11(2)15(22)20(13)16/h13H,4-10H2,1-3H3/t13-/m1/s1. The van der Waals surface area contributed by atoms with Crippen molar-refractivity contribution in [2.75, 3.05) is 38.5 Å². The number of thioether (sulfide) groups is 1. The van der Waals surface area contributed by atoms with Gasteiger partial charge in [0.1, 0.15) is 0 Å². The molecule has 0 aliphatic carbocycles. The number of carbonyl (C=O) groups is 1. The van der Waals surface area contributed by atoms with E-state index in [0.29, 0.717) is 12.0 Å². The van der Waals surface area contributed by atoms with Gasteiger partial charge >= 0.3 is 0 Å². The van der Waals surface area contributed by atoms with Crippen molar-refractivity contribution >= 4 is 17.7 Å². The first-order valence-corrected chi connectivity index (χ1v) is 9.22. The molecule has 3 rings (SSSR count). The second kappa shape index (κ2) is 6.65. The summed E-state index contributed by atoms with van der Waals surface area (Å²) in [5, 5.41) is 0.756. The smallest absolute Gasteiger partial charge is 0.257 e. The predicted molar refractivity (Wildman–Crippen MR) is 91.0 cm³/mol. The van der Waals surface area contributed by atoms with Crippen molar-refractivity contribution in [3.63, 3.8) is 0 Å². The highest BCUT2D eigenvalue weighted by Gasteiger charge is 2.30. The van der Waals surface area contributed by atoms with E-state index in [1.54, 1.807) is 16.3 Å². The minimum absolute atomic E-state index is 0.00565. The quantitative estimate of drug-likeness (QED) is 0.773. The molecule has 0 unspecified atom stereocenters. The van der Waals surface area contributed by atoms with Crippen molar-refractivity contribution in [1.82, 2.24) is 19.4 Å². The topological polar surface area (TPSA) is 58.4 Å². The maximum atomic E-state index is 12.6. The molecule has 1 atom stereocenters. The van der Waals surface area contributed by atoms with Gasteiger partial charge in [-0.25, -0.2) is 4.98 Å². The molecule has 1 aromatic rings. The second-order valence-corrected chi connectivity index (χ2v) is 7.25. The number of piperazine rings is 1. The summed E-state index contributed by atoms with van der Waals surface area (Å²) < 4.78 is 1.73. The minimum atomic E-state index is -0.0639. The summed E-state index contributed by atoms with van der Waals surface area (Å²) in [6.45, 7) is 10.3. The summed E-state index contributed by atoms with van der Waals surface area (Å²) in [5.74, 6) is 0.913. The van der Waals surface area contributed by atoms with Crippen LogP contribution < -0.4 is 5.56 Å². The lowest BCUT2D eigenvalue weighted by molar-refractivity contribution is -0.133. The van der Waals surface area contributed by atoms with Gasteiger partial charge in [-0.05, 0) is 20.4 Å². The normalized spacial score (nSPS) is 21.5. The van der Waals surface area contributed by atoms with Gasteiger partial charge in [0.2, 0.25) is 5.91 Å². The Balaban J connectivity index is 1.71. The third kappa shape index (κ3) is 3.17. The summed E-state index contributed by atoms with van der Waals surface area (Å²) in [6, 6.07) is -0.0639. The lowest BCUT2D eigenvalue weighted by Gasteiger charge is -2.34. The molecule has 2 aliphatic heterocycles. The van der Waals surface area contributed by atoms with E-state index < -0.39 is 0 Å². The average Bonchev–Trinajstić information content (AvgIpc) is 2.95. The highest BCUT2D eigenvalue weighted by molar-refractivity contribution is 7.99. The summed E-state index contributed by atoms with van der Waals surface area (Å²) in [7, 11) is 0. The molecule has 1 fully saturated rings. The van der Waals surface area contributed by atoms with Gasteiger partial charge in [-0.15, -0.1) is 0 Å². The number of carbonyl (C=O) groups excluding carboxylic acids is 1. The van der Waals surface area contributed by atoms with Gasteiger partial charge in [0.25, 0.3) is 5.56 Å². The molecule has 2 aliphatic rings. The van der Waals surface area contributed by atoms with Gasteiger partial charge in [0.05, 0.1) is 6.04 Å². The van der Waals surface area contributed by atoms with Crippen molar-refractivity contribution in [2.45, 2.75) is 38.4 Å². The van der Waals surface area contributed by atoms with E-state index in [1.807, 2.05) is 18.7 Å². The van der Waals surface area contributed by atoms with Crippen LogP contribution >= 0.6 is 11.8 Å². The zero-order valence-electron chi connectivity index (χ0n) is 14.0. The van der Waals surface area contributed by atoms with Crippen LogP contribution in [-0.2, 0) is 4.79 Å². The monoisotopic (exact) mass is 336 g/mol. The minimum Gasteiger partial charge on any atom is -0.340 e. The number of nitrogens with zero attached hydrogens (tertiary/aromatic N) is 4. The molecular weight excluding hydrogens is 312 g/mol. The van der Waals surface area contributed by atoms with Crippen molar-refractivity contribution in [1.29, 1.82) is 0 Å². The van der Waals surface area contributed by atoms with Crippen molar-refractivity contribution in [3.05, 3.63) is 21.6 Å². The molecule has 3 heterocycles. The molecule has 6 nitrogen and oxygen atoms in total. The fourth-order valence-electron chi connectivity index (χ4n) is 3.17. The van der Waals surface area contributed by atoms with Gasteiger partial charge < -0.3 is 9.80 Å². The first-order chi connectivity index (χ1) is 11.0. The molecule has 1 amide bonds. The molecule has 23 heavy (non-hydrogen) atoms. The van der Waals surface area contributed by atoms with Gasteiger partial charge in [0, 0.05) is 49.6 Å². The second-order valence-electron chi connectivity index (χ2n) is 6.26. The Morgan fingerprint density at radius 2 is 1.96 bits per heavy atom. The highest BCUT2D eigenvalue weighted by atomic mass is 32.2. The number of hydrogen-bond acceptors (Lipinski definition) is 5. The first kappa shape index (κ1) is 16.5. The van der Waals surface area contributed by atoms with Crippen LogP contribution in [0.25, 0.3) is 0 Å². The van der Waals surface area contributed by atoms with E-state index >= 15 is 0 Å². The molecular formula is C16H24N4O2S. The van der Waals surface area contributed by atoms with Crippen molar-refractivity contribution in [2.24, 2.45) is 0 Å². The van der Waals surface area contributed by atoms with Crippen LogP contribution in [0.4, 0.5) is 0 Å². The fourth-order valence-corrected chi connectivity index (χ4v) is 4.35. The van der Waals surface area contributed by atoms with Gasteiger partial charge in [-0.3, -0.25) is 14.2 Å². The number of fused-ring (bicyclic) bond motifs is 1.